The summed E-state index contributed by atoms with van der Waals surface area (Å²) >= 11 is 2.00. The molecule has 154 valence electrons. The third-order valence-electron chi connectivity index (χ3n) is 5.57. The molecule has 0 aliphatic heterocycles. The summed E-state index contributed by atoms with van der Waals surface area (Å²) in [5.41, 5.74) is 1.96. The summed E-state index contributed by atoms with van der Waals surface area (Å²) in [4.78, 5) is 0.809. The molecule has 0 bridgehead atoms. The van der Waals surface area contributed by atoms with E-state index in [-0.39, 0.29) is 6.10 Å². The van der Waals surface area contributed by atoms with Crippen LogP contribution in [0.25, 0.3) is 0 Å². The summed E-state index contributed by atoms with van der Waals surface area (Å²) in [6.07, 6.45) is 5.62. The lowest BCUT2D eigenvalue weighted by molar-refractivity contribution is 0.0566. The average molecular weight is 459 g/mol. The first-order valence-electron chi connectivity index (χ1n) is 10.2. The Hall–Kier alpha value is -0.390. The van der Waals surface area contributed by atoms with Crippen LogP contribution in [0.3, 0.4) is 0 Å². The zero-order valence-electron chi connectivity index (χ0n) is 17.4. The van der Waals surface area contributed by atoms with Gasteiger partial charge in [-0.25, -0.2) is 4.21 Å². The van der Waals surface area contributed by atoms with Gasteiger partial charge in [-0.2, -0.15) is 0 Å². The first-order chi connectivity index (χ1) is 12.8. The van der Waals surface area contributed by atoms with E-state index < -0.39 is 11.1 Å². The summed E-state index contributed by atoms with van der Waals surface area (Å²) in [6, 6.07) is 3.97. The van der Waals surface area contributed by atoms with Gasteiger partial charge in [0.2, 0.25) is 0 Å². The zero-order chi connectivity index (χ0) is 20.0. The van der Waals surface area contributed by atoms with Crippen LogP contribution in [0.4, 0.5) is 0 Å². The molecule has 0 N–H and O–H groups in total. The van der Waals surface area contributed by atoms with Crippen LogP contribution in [0.2, 0.25) is 0 Å². The molecule has 2 rings (SSSR count). The van der Waals surface area contributed by atoms with Gasteiger partial charge in [-0.05, 0) is 80.5 Å². The molecule has 1 aliphatic rings. The highest BCUT2D eigenvalue weighted by Gasteiger charge is 2.33. The smallest absolute Gasteiger partial charge is 0.189 e. The van der Waals surface area contributed by atoms with E-state index in [1.54, 1.807) is 0 Å². The summed E-state index contributed by atoms with van der Waals surface area (Å²) < 4.78 is 25.1. The van der Waals surface area contributed by atoms with Gasteiger partial charge in [0.15, 0.2) is 11.1 Å². The van der Waals surface area contributed by atoms with Crippen molar-refractivity contribution < 1.29 is 13.1 Å². The van der Waals surface area contributed by atoms with E-state index >= 15 is 0 Å². The van der Waals surface area contributed by atoms with Crippen molar-refractivity contribution >= 4 is 27.0 Å². The first-order valence-corrected chi connectivity index (χ1v) is 12.4. The summed E-state index contributed by atoms with van der Waals surface area (Å²) in [6.45, 7) is 11.5. The monoisotopic (exact) mass is 458 g/mol. The van der Waals surface area contributed by atoms with Gasteiger partial charge in [-0.15, -0.1) is 0 Å². The number of aryl methyl sites for hydroxylation is 2. The van der Waals surface area contributed by atoms with E-state index in [4.69, 9.17) is 8.92 Å². The second kappa shape index (κ2) is 11.0. The van der Waals surface area contributed by atoms with E-state index in [1.807, 2.05) is 26.0 Å². The fourth-order valence-electron chi connectivity index (χ4n) is 4.03. The summed E-state index contributed by atoms with van der Waals surface area (Å²) in [5, 5.41) is 1.00. The molecule has 3 nitrogen and oxygen atoms in total. The lowest BCUT2D eigenvalue weighted by Gasteiger charge is -2.36. The Morgan fingerprint density at radius 1 is 1.19 bits per heavy atom. The van der Waals surface area contributed by atoms with E-state index in [0.717, 1.165) is 46.4 Å². The molecule has 27 heavy (non-hydrogen) atoms. The maximum Gasteiger partial charge on any atom is 0.189 e. The van der Waals surface area contributed by atoms with Crippen LogP contribution in [0.5, 0.6) is 5.75 Å². The van der Waals surface area contributed by atoms with Crippen molar-refractivity contribution in [1.29, 1.82) is 0 Å². The Kier molecular flexibility index (Phi) is 9.30. The topological polar surface area (TPSA) is 35.5 Å². The fraction of sp³-hybridized carbons (Fsp3) is 0.727. The van der Waals surface area contributed by atoms with E-state index in [2.05, 4.69) is 36.7 Å². The molecule has 0 amide bonds. The third-order valence-corrected chi connectivity index (χ3v) is 7.53. The molecule has 1 aliphatic carbocycles. The SMILES string of the molecule is Cc1cc(OCCCCBr)cc(C)c1S(=O)OC1CC(C)CCC1C(C)C. The van der Waals surface area contributed by atoms with Crippen molar-refractivity contribution in [3.63, 3.8) is 0 Å². The maximum absolute atomic E-state index is 13.1. The molecular formula is C22H35BrO3S. The van der Waals surface area contributed by atoms with E-state index in [9.17, 15) is 4.21 Å². The van der Waals surface area contributed by atoms with E-state index in [0.29, 0.717) is 24.4 Å². The van der Waals surface area contributed by atoms with Crippen LogP contribution in [0, 0.1) is 31.6 Å². The van der Waals surface area contributed by atoms with Crippen molar-refractivity contribution in [3.05, 3.63) is 23.3 Å². The molecule has 0 spiro atoms. The first kappa shape index (κ1) is 22.9. The lowest BCUT2D eigenvalue weighted by Crippen LogP contribution is -2.34. The Labute approximate surface area is 176 Å². The lowest BCUT2D eigenvalue weighted by atomic mass is 9.75. The van der Waals surface area contributed by atoms with Crippen molar-refractivity contribution in [2.75, 3.05) is 11.9 Å². The molecule has 1 aromatic carbocycles. The van der Waals surface area contributed by atoms with Gasteiger partial charge in [0.05, 0.1) is 17.6 Å². The van der Waals surface area contributed by atoms with Gasteiger partial charge in [0, 0.05) is 5.33 Å². The molecule has 1 fully saturated rings. The van der Waals surface area contributed by atoms with Crippen LogP contribution in [0.15, 0.2) is 17.0 Å². The van der Waals surface area contributed by atoms with Crippen molar-refractivity contribution in [2.45, 2.75) is 77.7 Å². The quantitative estimate of drug-likeness (QED) is 0.319. The van der Waals surface area contributed by atoms with Gasteiger partial charge in [0.1, 0.15) is 5.75 Å². The van der Waals surface area contributed by atoms with Gasteiger partial charge >= 0.3 is 0 Å². The molecule has 0 heterocycles. The number of hydrogen-bond donors (Lipinski definition) is 0. The summed E-state index contributed by atoms with van der Waals surface area (Å²) in [5.74, 6) is 2.53. The maximum atomic E-state index is 13.1. The standard InChI is InChI=1S/C22H35BrO3S/c1-15(2)20-9-8-16(3)12-21(20)26-27(24)22-17(4)13-19(14-18(22)5)25-11-7-6-10-23/h13-16,20-21H,6-12H2,1-5H3. The van der Waals surface area contributed by atoms with Gasteiger partial charge < -0.3 is 4.74 Å². The number of benzene rings is 1. The minimum absolute atomic E-state index is 0.0774. The molecule has 0 radical (unpaired) electrons. The Bertz CT molecular complexity index is 609. The second-order valence-electron chi connectivity index (χ2n) is 8.33. The van der Waals surface area contributed by atoms with Gasteiger partial charge in [0.25, 0.3) is 0 Å². The molecule has 4 atom stereocenters. The number of hydrogen-bond acceptors (Lipinski definition) is 3. The van der Waals surface area contributed by atoms with Crippen molar-refractivity contribution in [1.82, 2.24) is 0 Å². The number of unbranched alkanes of at least 4 members (excludes halogenated alkanes) is 1. The van der Waals surface area contributed by atoms with Crippen LogP contribution in [-0.2, 0) is 15.3 Å². The van der Waals surface area contributed by atoms with Crippen molar-refractivity contribution in [3.8, 4) is 5.75 Å². The largest absolute Gasteiger partial charge is 0.494 e. The molecule has 1 aromatic rings. The zero-order valence-corrected chi connectivity index (χ0v) is 19.8. The molecule has 4 unspecified atom stereocenters. The number of halogens is 1. The normalized spacial score (nSPS) is 24.2. The summed E-state index contributed by atoms with van der Waals surface area (Å²) in [7, 11) is 0. The second-order valence-corrected chi connectivity index (χ2v) is 10.2. The van der Waals surface area contributed by atoms with Crippen LogP contribution >= 0.6 is 15.9 Å². The number of alkyl halides is 1. The van der Waals surface area contributed by atoms with Crippen LogP contribution in [0.1, 0.15) is 64.0 Å². The van der Waals surface area contributed by atoms with Gasteiger partial charge in [-0.1, -0.05) is 43.1 Å². The highest BCUT2D eigenvalue weighted by atomic mass is 79.9. The molecule has 5 heteroatoms. The average Bonchev–Trinajstić information content (AvgIpc) is 2.58. The minimum atomic E-state index is -1.44. The number of rotatable bonds is 9. The van der Waals surface area contributed by atoms with Crippen molar-refractivity contribution in [2.24, 2.45) is 17.8 Å². The minimum Gasteiger partial charge on any atom is -0.494 e. The molecule has 0 saturated heterocycles. The molecule has 0 aromatic heterocycles. The molecule has 1 saturated carbocycles. The molecular weight excluding hydrogens is 424 g/mol. The Morgan fingerprint density at radius 3 is 2.44 bits per heavy atom. The predicted molar refractivity (Wildman–Crippen MR) is 117 cm³/mol. The third kappa shape index (κ3) is 6.57. The van der Waals surface area contributed by atoms with E-state index in [1.165, 1.54) is 12.8 Å². The Morgan fingerprint density at radius 2 is 1.85 bits per heavy atom. The highest BCUT2D eigenvalue weighted by Crippen LogP contribution is 2.37. The van der Waals surface area contributed by atoms with Gasteiger partial charge in [-0.3, -0.25) is 4.18 Å². The van der Waals surface area contributed by atoms with Crippen LogP contribution < -0.4 is 4.74 Å². The number of ether oxygens (including phenoxy) is 1. The fourth-order valence-corrected chi connectivity index (χ4v) is 5.61. The Balaban J connectivity index is 2.08. The highest BCUT2D eigenvalue weighted by molar-refractivity contribution is 9.09. The predicted octanol–water partition coefficient (Wildman–Crippen LogP) is 6.36. The van der Waals surface area contributed by atoms with Crippen LogP contribution in [-0.4, -0.2) is 22.2 Å².